The van der Waals surface area contributed by atoms with E-state index in [0.717, 1.165) is 0 Å². The van der Waals surface area contributed by atoms with Crippen LogP contribution in [0.15, 0.2) is 29.2 Å². The van der Waals surface area contributed by atoms with Crippen molar-refractivity contribution < 1.29 is 23.4 Å². The van der Waals surface area contributed by atoms with E-state index in [1.54, 1.807) is 0 Å². The lowest BCUT2D eigenvalue weighted by molar-refractivity contribution is -0.119. The van der Waals surface area contributed by atoms with Crippen LogP contribution in [0.3, 0.4) is 0 Å². The van der Waals surface area contributed by atoms with Gasteiger partial charge in [-0.05, 0) is 0 Å². The zero-order valence-corrected chi connectivity index (χ0v) is 13.6. The maximum Gasteiger partial charge on any atom is 0.256 e. The summed E-state index contributed by atoms with van der Waals surface area (Å²) in [5.41, 5.74) is 10.8. The molecule has 2 aliphatic rings. The zero-order chi connectivity index (χ0) is 17.9. The van der Waals surface area contributed by atoms with Crippen molar-refractivity contribution in [1.82, 2.24) is 10.2 Å². The number of halogens is 1. The molecule has 2 heterocycles. The Morgan fingerprint density at radius 2 is 2.25 bits per heavy atom. The summed E-state index contributed by atoms with van der Waals surface area (Å²) < 4.78 is 30.6. The Labute approximate surface area is 139 Å². The molecule has 0 aliphatic carbocycles. The van der Waals surface area contributed by atoms with Crippen LogP contribution in [0.1, 0.15) is 0 Å². The Balaban J connectivity index is 2.23. The van der Waals surface area contributed by atoms with E-state index >= 15 is 0 Å². The molecule has 5 N–H and O–H groups in total. The van der Waals surface area contributed by atoms with Gasteiger partial charge in [-0.3, -0.25) is 4.79 Å². The van der Waals surface area contributed by atoms with Crippen LogP contribution in [0.25, 0.3) is 0 Å². The number of ether oxygens (including phenoxy) is 3. The minimum Gasteiger partial charge on any atom is -0.382 e. The number of nitrogens with zero attached hydrogens (tertiary/aromatic N) is 2. The Kier molecular flexibility index (Phi) is 5.75. The van der Waals surface area contributed by atoms with Gasteiger partial charge in [-0.2, -0.15) is 0 Å². The van der Waals surface area contributed by atoms with E-state index in [2.05, 4.69) is 16.9 Å². The predicted molar refractivity (Wildman–Crippen MR) is 84.1 cm³/mol. The summed E-state index contributed by atoms with van der Waals surface area (Å²) in [5.74, 6) is -0.375. The van der Waals surface area contributed by atoms with Gasteiger partial charge >= 0.3 is 0 Å². The van der Waals surface area contributed by atoms with Crippen molar-refractivity contribution in [2.24, 2.45) is 16.5 Å². The highest BCUT2D eigenvalue weighted by molar-refractivity contribution is 5.96. The number of guanidine groups is 1. The first-order valence-electron chi connectivity index (χ1n) is 7.25. The fourth-order valence-electron chi connectivity index (χ4n) is 2.59. The van der Waals surface area contributed by atoms with Gasteiger partial charge in [0.05, 0.1) is 18.7 Å². The molecule has 134 valence electrons. The molecule has 2 aliphatic heterocycles. The van der Waals surface area contributed by atoms with E-state index in [4.69, 9.17) is 25.7 Å². The maximum atomic E-state index is 14.7. The summed E-state index contributed by atoms with van der Waals surface area (Å²) in [6.07, 6.45) is -2.44. The number of hydrogen-bond acceptors (Lipinski definition) is 6. The van der Waals surface area contributed by atoms with E-state index < -0.39 is 30.5 Å². The highest BCUT2D eigenvalue weighted by atomic mass is 19.1. The fourth-order valence-corrected chi connectivity index (χ4v) is 2.59. The van der Waals surface area contributed by atoms with Gasteiger partial charge in [0.15, 0.2) is 18.4 Å². The van der Waals surface area contributed by atoms with Crippen LogP contribution in [-0.2, 0) is 19.0 Å². The van der Waals surface area contributed by atoms with Crippen LogP contribution in [0.2, 0.25) is 0 Å². The Hall–Kier alpha value is -2.17. The van der Waals surface area contributed by atoms with Gasteiger partial charge in [-0.1, -0.05) is 6.58 Å². The van der Waals surface area contributed by atoms with Crippen LogP contribution in [-0.4, -0.2) is 68.7 Å². The second-order valence-corrected chi connectivity index (χ2v) is 5.37. The van der Waals surface area contributed by atoms with Gasteiger partial charge in [-0.15, -0.1) is 0 Å². The topological polar surface area (TPSA) is 124 Å². The third kappa shape index (κ3) is 3.66. The molecule has 0 aromatic rings. The number of carbonyl (C=O) groups is 1. The van der Waals surface area contributed by atoms with Crippen molar-refractivity contribution in [3.05, 3.63) is 24.2 Å². The van der Waals surface area contributed by atoms with Crippen LogP contribution >= 0.6 is 0 Å². The van der Waals surface area contributed by atoms with E-state index in [0.29, 0.717) is 0 Å². The van der Waals surface area contributed by atoms with Gasteiger partial charge in [-0.25, -0.2) is 9.38 Å². The Morgan fingerprint density at radius 3 is 2.83 bits per heavy atom. The molecule has 1 fully saturated rings. The molecule has 0 aromatic carbocycles. The number of amides is 1. The molecule has 0 radical (unpaired) electrons. The molecule has 0 saturated carbocycles. The number of nitrogens with two attached hydrogens (primary N) is 2. The van der Waals surface area contributed by atoms with Crippen molar-refractivity contribution in [1.29, 1.82) is 0 Å². The standard InChI is InChI=1S/C14H22FN5O4/c1-7-19-12(21)8(4-18-14(16)17)5-20(7)13-10(15)11(23-3)9(24-13)6-22-2/h5,9-11,13H,1,4,6H2,2-3H3,(H,19,21)(H4,16,17,18)/t9?,10?,11-,13-/m1/s1. The van der Waals surface area contributed by atoms with Crippen molar-refractivity contribution in [3.8, 4) is 0 Å². The van der Waals surface area contributed by atoms with E-state index in [9.17, 15) is 9.18 Å². The second kappa shape index (κ2) is 7.60. The minimum atomic E-state index is -1.47. The van der Waals surface area contributed by atoms with E-state index in [-0.39, 0.29) is 30.5 Å². The first-order chi connectivity index (χ1) is 11.4. The van der Waals surface area contributed by atoms with Crippen molar-refractivity contribution in [2.45, 2.75) is 24.6 Å². The minimum absolute atomic E-state index is 0.0448. The van der Waals surface area contributed by atoms with Crippen LogP contribution in [0.5, 0.6) is 0 Å². The SMILES string of the molecule is C=C1NC(=O)C(CN=C(N)N)=CN1[C@@H]1OC(COC)[C@@H](OC)C1F. The molecular formula is C14H22FN5O4. The molecule has 4 atom stereocenters. The number of aliphatic imine (C=N–C) groups is 1. The third-order valence-electron chi connectivity index (χ3n) is 3.73. The lowest BCUT2D eigenvalue weighted by Crippen LogP contribution is -2.47. The summed E-state index contributed by atoms with van der Waals surface area (Å²) in [6.45, 7) is 3.85. The number of hydrogen-bond donors (Lipinski definition) is 3. The highest BCUT2D eigenvalue weighted by Gasteiger charge is 2.49. The molecule has 0 aromatic heterocycles. The van der Waals surface area contributed by atoms with Crippen LogP contribution < -0.4 is 16.8 Å². The van der Waals surface area contributed by atoms with Gasteiger partial charge < -0.3 is 35.9 Å². The molecule has 1 saturated heterocycles. The summed E-state index contributed by atoms with van der Waals surface area (Å²) in [7, 11) is 2.89. The van der Waals surface area contributed by atoms with Gasteiger partial charge in [0.1, 0.15) is 18.0 Å². The lowest BCUT2D eigenvalue weighted by atomic mass is 10.1. The van der Waals surface area contributed by atoms with E-state index in [1.165, 1.54) is 25.3 Å². The van der Waals surface area contributed by atoms with Gasteiger partial charge in [0.2, 0.25) is 0 Å². The number of rotatable bonds is 6. The number of carbonyl (C=O) groups excluding carboxylic acids is 1. The molecule has 10 heteroatoms. The third-order valence-corrected chi connectivity index (χ3v) is 3.73. The lowest BCUT2D eigenvalue weighted by Gasteiger charge is -2.33. The monoisotopic (exact) mass is 343 g/mol. The quantitative estimate of drug-likeness (QED) is 0.407. The smallest absolute Gasteiger partial charge is 0.256 e. The largest absolute Gasteiger partial charge is 0.382 e. The molecule has 0 spiro atoms. The van der Waals surface area contributed by atoms with Crippen molar-refractivity contribution in [2.75, 3.05) is 27.4 Å². The number of methoxy groups -OCH3 is 2. The van der Waals surface area contributed by atoms with Crippen LogP contribution in [0, 0.1) is 0 Å². The number of alkyl halides is 1. The van der Waals surface area contributed by atoms with Gasteiger partial charge in [0, 0.05) is 20.4 Å². The first-order valence-corrected chi connectivity index (χ1v) is 7.25. The Bertz CT molecular complexity index is 563. The molecule has 0 bridgehead atoms. The van der Waals surface area contributed by atoms with Gasteiger partial charge in [0.25, 0.3) is 5.91 Å². The summed E-state index contributed by atoms with van der Waals surface area (Å²) in [6, 6.07) is 0. The first kappa shape index (κ1) is 18.2. The highest BCUT2D eigenvalue weighted by Crippen LogP contribution is 2.31. The second-order valence-electron chi connectivity index (χ2n) is 5.37. The maximum absolute atomic E-state index is 14.7. The van der Waals surface area contributed by atoms with E-state index in [1.807, 2.05) is 0 Å². The molecule has 24 heavy (non-hydrogen) atoms. The average Bonchev–Trinajstić information content (AvgIpc) is 2.82. The summed E-state index contributed by atoms with van der Waals surface area (Å²) >= 11 is 0. The molecular weight excluding hydrogens is 321 g/mol. The van der Waals surface area contributed by atoms with Crippen molar-refractivity contribution >= 4 is 11.9 Å². The zero-order valence-electron chi connectivity index (χ0n) is 13.6. The van der Waals surface area contributed by atoms with Crippen LogP contribution in [0.4, 0.5) is 4.39 Å². The predicted octanol–water partition coefficient (Wildman–Crippen LogP) is -1.23. The summed E-state index contributed by atoms with van der Waals surface area (Å²) in [4.78, 5) is 17.1. The molecule has 9 nitrogen and oxygen atoms in total. The number of nitrogens with one attached hydrogen (secondary N) is 1. The normalized spacial score (nSPS) is 30.1. The molecule has 2 unspecified atom stereocenters. The fraction of sp³-hybridized carbons (Fsp3) is 0.571. The Morgan fingerprint density at radius 1 is 1.54 bits per heavy atom. The molecule has 2 rings (SSSR count). The summed E-state index contributed by atoms with van der Waals surface area (Å²) in [5, 5.41) is 2.53. The van der Waals surface area contributed by atoms with Crippen molar-refractivity contribution in [3.63, 3.8) is 0 Å². The average molecular weight is 343 g/mol. The molecule has 1 amide bonds.